The van der Waals surface area contributed by atoms with Crippen LogP contribution in [-0.4, -0.2) is 23.9 Å². The van der Waals surface area contributed by atoms with Crippen LogP contribution in [-0.2, 0) is 0 Å². The quantitative estimate of drug-likeness (QED) is 0.771. The van der Waals surface area contributed by atoms with E-state index in [2.05, 4.69) is 10.3 Å². The molecule has 0 saturated carbocycles. The van der Waals surface area contributed by atoms with Gasteiger partial charge in [-0.05, 0) is 13.0 Å². The van der Waals surface area contributed by atoms with E-state index >= 15 is 0 Å². The number of hydrogen-bond acceptors (Lipinski definition) is 4. The summed E-state index contributed by atoms with van der Waals surface area (Å²) in [6, 6.07) is 3.61. The molecule has 1 aromatic rings. The third-order valence-electron chi connectivity index (χ3n) is 2.09. The van der Waals surface area contributed by atoms with Gasteiger partial charge in [0.15, 0.2) is 5.78 Å². The van der Waals surface area contributed by atoms with E-state index in [4.69, 9.17) is 4.74 Å². The van der Waals surface area contributed by atoms with Crippen LogP contribution >= 0.6 is 0 Å². The van der Waals surface area contributed by atoms with E-state index in [1.165, 1.54) is 0 Å². The van der Waals surface area contributed by atoms with Crippen molar-refractivity contribution in [3.8, 4) is 5.88 Å². The molecule has 74 valence electrons. The number of rotatable bonds is 2. The van der Waals surface area contributed by atoms with Gasteiger partial charge in [0, 0.05) is 19.0 Å². The van der Waals surface area contributed by atoms with Crippen molar-refractivity contribution in [2.45, 2.75) is 13.3 Å². The second-order valence-electron chi connectivity index (χ2n) is 3.08. The van der Waals surface area contributed by atoms with Crippen LogP contribution in [0.25, 0.3) is 0 Å². The molecule has 1 aliphatic rings. The normalized spacial score (nSPS) is 14.5. The maximum Gasteiger partial charge on any atom is 0.214 e. The van der Waals surface area contributed by atoms with Crippen molar-refractivity contribution >= 4 is 11.5 Å². The lowest BCUT2D eigenvalue weighted by atomic mass is 10.1. The van der Waals surface area contributed by atoms with Gasteiger partial charge in [0.25, 0.3) is 0 Å². The summed E-state index contributed by atoms with van der Waals surface area (Å²) in [6.07, 6.45) is 0.510. The maximum absolute atomic E-state index is 11.5. The summed E-state index contributed by atoms with van der Waals surface area (Å²) in [7, 11) is 0. The summed E-state index contributed by atoms with van der Waals surface area (Å²) in [6.45, 7) is 3.15. The van der Waals surface area contributed by atoms with Gasteiger partial charge in [-0.2, -0.15) is 0 Å². The SMILES string of the molecule is CCOc1ccc2c(n1)C(=O)CCN2. The van der Waals surface area contributed by atoms with Crippen molar-refractivity contribution < 1.29 is 9.53 Å². The number of pyridine rings is 1. The van der Waals surface area contributed by atoms with Crippen LogP contribution in [0.2, 0.25) is 0 Å². The van der Waals surface area contributed by atoms with E-state index in [0.717, 1.165) is 5.69 Å². The highest BCUT2D eigenvalue weighted by atomic mass is 16.5. The van der Waals surface area contributed by atoms with Crippen LogP contribution in [0.5, 0.6) is 5.88 Å². The van der Waals surface area contributed by atoms with E-state index in [9.17, 15) is 4.79 Å². The zero-order valence-electron chi connectivity index (χ0n) is 8.04. The second kappa shape index (κ2) is 3.65. The third-order valence-corrected chi connectivity index (χ3v) is 2.09. The van der Waals surface area contributed by atoms with Gasteiger partial charge in [0.05, 0.1) is 12.3 Å². The molecule has 0 atom stereocenters. The monoisotopic (exact) mass is 192 g/mol. The van der Waals surface area contributed by atoms with Gasteiger partial charge >= 0.3 is 0 Å². The Hall–Kier alpha value is -1.58. The van der Waals surface area contributed by atoms with Gasteiger partial charge in [-0.3, -0.25) is 4.79 Å². The van der Waals surface area contributed by atoms with Crippen molar-refractivity contribution in [2.24, 2.45) is 0 Å². The van der Waals surface area contributed by atoms with Gasteiger partial charge < -0.3 is 10.1 Å². The predicted molar refractivity (Wildman–Crippen MR) is 52.8 cm³/mol. The smallest absolute Gasteiger partial charge is 0.214 e. The molecule has 0 unspecified atom stereocenters. The Morgan fingerprint density at radius 1 is 1.57 bits per heavy atom. The molecule has 1 N–H and O–H groups in total. The first-order valence-corrected chi connectivity index (χ1v) is 4.72. The lowest BCUT2D eigenvalue weighted by molar-refractivity contribution is 0.0977. The number of nitrogens with zero attached hydrogens (tertiary/aromatic N) is 1. The van der Waals surface area contributed by atoms with E-state index in [0.29, 0.717) is 31.1 Å². The Labute approximate surface area is 82.3 Å². The van der Waals surface area contributed by atoms with E-state index in [1.54, 1.807) is 6.07 Å². The van der Waals surface area contributed by atoms with Crippen molar-refractivity contribution in [3.63, 3.8) is 0 Å². The van der Waals surface area contributed by atoms with Crippen molar-refractivity contribution in [3.05, 3.63) is 17.8 Å². The standard InChI is InChI=1S/C10H12N2O2/c1-2-14-9-4-3-7-10(12-9)8(13)5-6-11-7/h3-4,11H,2,5-6H2,1H3. The van der Waals surface area contributed by atoms with Crippen LogP contribution in [0.3, 0.4) is 0 Å². The molecule has 4 nitrogen and oxygen atoms in total. The Bertz CT molecular complexity index is 363. The molecule has 4 heteroatoms. The first kappa shape index (κ1) is 8.99. The Morgan fingerprint density at radius 2 is 2.43 bits per heavy atom. The fraction of sp³-hybridized carbons (Fsp3) is 0.400. The van der Waals surface area contributed by atoms with Gasteiger partial charge in [-0.15, -0.1) is 0 Å². The van der Waals surface area contributed by atoms with Crippen LogP contribution in [0.1, 0.15) is 23.8 Å². The van der Waals surface area contributed by atoms with Gasteiger partial charge in [-0.25, -0.2) is 4.98 Å². The average Bonchev–Trinajstić information content (AvgIpc) is 2.20. The minimum atomic E-state index is 0.0836. The number of nitrogens with one attached hydrogen (secondary N) is 1. The predicted octanol–water partition coefficient (Wildman–Crippen LogP) is 1.48. The molecule has 0 bridgehead atoms. The lowest BCUT2D eigenvalue weighted by Crippen LogP contribution is -2.19. The minimum absolute atomic E-state index is 0.0836. The molecule has 0 radical (unpaired) electrons. The van der Waals surface area contributed by atoms with Crippen molar-refractivity contribution in [1.82, 2.24) is 4.98 Å². The molecule has 2 rings (SSSR count). The van der Waals surface area contributed by atoms with Gasteiger partial charge in [0.1, 0.15) is 5.69 Å². The Balaban J connectivity index is 2.36. The summed E-state index contributed by atoms with van der Waals surface area (Å²) in [5.74, 6) is 0.601. The largest absolute Gasteiger partial charge is 0.478 e. The van der Waals surface area contributed by atoms with Gasteiger partial charge in [-0.1, -0.05) is 0 Å². The van der Waals surface area contributed by atoms with Crippen LogP contribution < -0.4 is 10.1 Å². The molecule has 0 aliphatic carbocycles. The van der Waals surface area contributed by atoms with E-state index in [1.807, 2.05) is 13.0 Å². The Kier molecular flexibility index (Phi) is 2.35. The molecular weight excluding hydrogens is 180 g/mol. The Morgan fingerprint density at radius 3 is 3.21 bits per heavy atom. The number of Topliss-reactive ketones (excluding diaryl/α,β-unsaturated/α-hetero) is 1. The molecular formula is C10H12N2O2. The molecule has 2 heterocycles. The first-order chi connectivity index (χ1) is 6.81. The maximum atomic E-state index is 11.5. The molecule has 1 aromatic heterocycles. The highest BCUT2D eigenvalue weighted by Crippen LogP contribution is 2.22. The number of ether oxygens (including phenoxy) is 1. The van der Waals surface area contributed by atoms with Crippen molar-refractivity contribution in [2.75, 3.05) is 18.5 Å². The average molecular weight is 192 g/mol. The number of carbonyl (C=O) groups is 1. The topological polar surface area (TPSA) is 51.2 Å². The third kappa shape index (κ3) is 1.55. The summed E-state index contributed by atoms with van der Waals surface area (Å²) >= 11 is 0. The van der Waals surface area contributed by atoms with Crippen LogP contribution in [0.4, 0.5) is 5.69 Å². The summed E-state index contributed by atoms with van der Waals surface area (Å²) in [4.78, 5) is 15.6. The number of anilines is 1. The molecule has 1 aliphatic heterocycles. The highest BCUT2D eigenvalue weighted by Gasteiger charge is 2.18. The zero-order chi connectivity index (χ0) is 9.97. The van der Waals surface area contributed by atoms with E-state index < -0.39 is 0 Å². The fourth-order valence-electron chi connectivity index (χ4n) is 1.45. The summed E-state index contributed by atoms with van der Waals surface area (Å²) in [5.41, 5.74) is 1.31. The number of aromatic nitrogens is 1. The number of fused-ring (bicyclic) bond motifs is 1. The molecule has 0 fully saturated rings. The number of carbonyl (C=O) groups excluding carboxylic acids is 1. The zero-order valence-corrected chi connectivity index (χ0v) is 8.04. The lowest BCUT2D eigenvalue weighted by Gasteiger charge is -2.16. The molecule has 0 amide bonds. The molecule has 0 saturated heterocycles. The van der Waals surface area contributed by atoms with Gasteiger partial charge in [0.2, 0.25) is 5.88 Å². The number of ketones is 1. The minimum Gasteiger partial charge on any atom is -0.478 e. The summed E-state index contributed by atoms with van der Waals surface area (Å²) in [5, 5.41) is 3.12. The molecule has 14 heavy (non-hydrogen) atoms. The summed E-state index contributed by atoms with van der Waals surface area (Å²) < 4.78 is 5.23. The molecule has 0 spiro atoms. The number of hydrogen-bond donors (Lipinski definition) is 1. The van der Waals surface area contributed by atoms with Crippen LogP contribution in [0.15, 0.2) is 12.1 Å². The fourth-order valence-corrected chi connectivity index (χ4v) is 1.45. The van der Waals surface area contributed by atoms with Crippen LogP contribution in [0, 0.1) is 0 Å². The first-order valence-electron chi connectivity index (χ1n) is 4.72. The van der Waals surface area contributed by atoms with E-state index in [-0.39, 0.29) is 5.78 Å². The highest BCUT2D eigenvalue weighted by molar-refractivity contribution is 6.01. The second-order valence-corrected chi connectivity index (χ2v) is 3.08. The molecule has 0 aromatic carbocycles. The van der Waals surface area contributed by atoms with Crippen molar-refractivity contribution in [1.29, 1.82) is 0 Å².